The van der Waals surface area contributed by atoms with Crippen LogP contribution in [0.3, 0.4) is 0 Å². The second-order valence-electron chi connectivity index (χ2n) is 7.88. The molecule has 3 aromatic rings. The third kappa shape index (κ3) is 5.73. The van der Waals surface area contributed by atoms with Crippen LogP contribution in [0.1, 0.15) is 46.3 Å². The first-order valence-electron chi connectivity index (χ1n) is 10.4. The molecule has 31 heavy (non-hydrogen) atoms. The Morgan fingerprint density at radius 2 is 1.74 bits per heavy atom. The van der Waals surface area contributed by atoms with E-state index in [9.17, 15) is 8.42 Å². The van der Waals surface area contributed by atoms with E-state index in [1.54, 1.807) is 12.1 Å². The average molecular weight is 459 g/mol. The van der Waals surface area contributed by atoms with Gasteiger partial charge in [0, 0.05) is 11.9 Å². The number of ether oxygens (including phenoxy) is 1. The second-order valence-corrected chi connectivity index (χ2v) is 10.8. The van der Waals surface area contributed by atoms with Gasteiger partial charge in [0.15, 0.2) is 0 Å². The van der Waals surface area contributed by atoms with Gasteiger partial charge >= 0.3 is 0 Å². The molecule has 1 heterocycles. The van der Waals surface area contributed by atoms with Crippen molar-refractivity contribution in [2.75, 3.05) is 6.54 Å². The van der Waals surface area contributed by atoms with Crippen molar-refractivity contribution in [3.63, 3.8) is 0 Å². The van der Waals surface area contributed by atoms with E-state index < -0.39 is 10.0 Å². The SMILES string of the molecule is CCCN(Cc1csc(COc2cc(C)cc(C)c2C)n1)S(=O)(=O)c1ccc(C)cc1. The average Bonchev–Trinajstić information content (AvgIpc) is 3.17. The number of sulfonamides is 1. The second kappa shape index (κ2) is 9.94. The number of aromatic nitrogens is 1. The molecule has 0 saturated carbocycles. The van der Waals surface area contributed by atoms with Crippen molar-refractivity contribution < 1.29 is 13.2 Å². The molecule has 5 nitrogen and oxygen atoms in total. The third-order valence-corrected chi connectivity index (χ3v) is 7.92. The Bertz CT molecular complexity index is 1140. The minimum Gasteiger partial charge on any atom is -0.486 e. The molecule has 0 unspecified atom stereocenters. The van der Waals surface area contributed by atoms with Crippen molar-refractivity contribution in [1.29, 1.82) is 0 Å². The van der Waals surface area contributed by atoms with E-state index in [4.69, 9.17) is 4.74 Å². The zero-order valence-electron chi connectivity index (χ0n) is 18.8. The molecule has 2 aromatic carbocycles. The summed E-state index contributed by atoms with van der Waals surface area (Å²) in [4.78, 5) is 4.95. The summed E-state index contributed by atoms with van der Waals surface area (Å²) in [5, 5.41) is 2.75. The van der Waals surface area contributed by atoms with Gasteiger partial charge in [-0.2, -0.15) is 4.31 Å². The summed E-state index contributed by atoms with van der Waals surface area (Å²) >= 11 is 1.49. The molecule has 1 aromatic heterocycles. The zero-order valence-corrected chi connectivity index (χ0v) is 20.4. The van der Waals surface area contributed by atoms with E-state index >= 15 is 0 Å². The van der Waals surface area contributed by atoms with E-state index in [1.165, 1.54) is 21.2 Å². The number of rotatable bonds is 9. The van der Waals surface area contributed by atoms with Gasteiger partial charge in [-0.25, -0.2) is 13.4 Å². The van der Waals surface area contributed by atoms with Crippen LogP contribution in [0.2, 0.25) is 0 Å². The Labute approximate surface area is 189 Å². The van der Waals surface area contributed by atoms with Crippen molar-refractivity contribution in [2.24, 2.45) is 0 Å². The standard InChI is InChI=1S/C24H30N2O3S2/c1-6-11-26(31(27,28)22-9-7-17(2)8-10-22)14-21-16-30-24(25-21)15-29-23-13-18(3)12-19(4)20(23)5/h7-10,12-13,16H,6,11,14-15H2,1-5H3. The molecule has 0 aliphatic heterocycles. The molecule has 0 amide bonds. The number of benzene rings is 2. The molecule has 0 fully saturated rings. The molecule has 3 rings (SSSR count). The van der Waals surface area contributed by atoms with E-state index in [1.807, 2.05) is 37.4 Å². The molecule has 0 aliphatic rings. The summed E-state index contributed by atoms with van der Waals surface area (Å²) in [5.74, 6) is 0.865. The van der Waals surface area contributed by atoms with Gasteiger partial charge in [-0.3, -0.25) is 0 Å². The predicted molar refractivity (Wildman–Crippen MR) is 126 cm³/mol. The Balaban J connectivity index is 1.72. The Kier molecular flexibility index (Phi) is 7.51. The first-order chi connectivity index (χ1) is 14.7. The molecule has 0 atom stereocenters. The molecule has 0 aliphatic carbocycles. The summed E-state index contributed by atoms with van der Waals surface area (Å²) in [6.45, 7) is 11.2. The number of thiazole rings is 1. The fraction of sp³-hybridized carbons (Fsp3) is 0.375. The van der Waals surface area contributed by atoms with Gasteiger partial charge < -0.3 is 4.74 Å². The summed E-state index contributed by atoms with van der Waals surface area (Å²) in [5.41, 5.74) is 5.26. The maximum Gasteiger partial charge on any atom is 0.243 e. The molecule has 0 N–H and O–H groups in total. The van der Waals surface area contributed by atoms with E-state index in [0.29, 0.717) is 18.0 Å². The van der Waals surface area contributed by atoms with Crippen LogP contribution in [-0.4, -0.2) is 24.3 Å². The summed E-state index contributed by atoms with van der Waals surface area (Å²) in [7, 11) is -3.57. The fourth-order valence-corrected chi connectivity index (χ4v) is 5.55. The van der Waals surface area contributed by atoms with Crippen molar-refractivity contribution in [1.82, 2.24) is 9.29 Å². The summed E-state index contributed by atoms with van der Waals surface area (Å²) in [6, 6.07) is 11.2. The van der Waals surface area contributed by atoms with Crippen LogP contribution >= 0.6 is 11.3 Å². The molecule has 0 bridgehead atoms. The van der Waals surface area contributed by atoms with Gasteiger partial charge in [0.2, 0.25) is 10.0 Å². The quantitative estimate of drug-likeness (QED) is 0.421. The Morgan fingerprint density at radius 3 is 2.42 bits per heavy atom. The van der Waals surface area contributed by atoms with E-state index in [-0.39, 0.29) is 6.54 Å². The fourth-order valence-electron chi connectivity index (χ4n) is 3.35. The predicted octanol–water partition coefficient (Wildman–Crippen LogP) is 5.56. The van der Waals surface area contributed by atoms with Crippen LogP contribution in [0.4, 0.5) is 0 Å². The maximum absolute atomic E-state index is 13.1. The maximum atomic E-state index is 13.1. The van der Waals surface area contributed by atoms with E-state index in [0.717, 1.165) is 39.6 Å². The van der Waals surface area contributed by atoms with Gasteiger partial charge in [0.25, 0.3) is 0 Å². The Hall–Kier alpha value is -2.22. The number of hydrogen-bond donors (Lipinski definition) is 0. The normalized spacial score (nSPS) is 11.8. The number of hydrogen-bond acceptors (Lipinski definition) is 5. The lowest BCUT2D eigenvalue weighted by Gasteiger charge is -2.21. The number of aryl methyl sites for hydroxylation is 3. The first-order valence-corrected chi connectivity index (χ1v) is 12.7. The molecule has 0 saturated heterocycles. The summed E-state index contributed by atoms with van der Waals surface area (Å²) < 4.78 is 33.8. The van der Waals surface area contributed by atoms with Gasteiger partial charge in [0.1, 0.15) is 17.4 Å². The van der Waals surface area contributed by atoms with Crippen LogP contribution in [0.5, 0.6) is 5.75 Å². The van der Waals surface area contributed by atoms with Crippen molar-refractivity contribution in [2.45, 2.75) is 59.1 Å². The van der Waals surface area contributed by atoms with Crippen molar-refractivity contribution in [3.8, 4) is 5.75 Å². The van der Waals surface area contributed by atoms with Crippen molar-refractivity contribution >= 4 is 21.4 Å². The smallest absolute Gasteiger partial charge is 0.243 e. The lowest BCUT2D eigenvalue weighted by Crippen LogP contribution is -2.31. The lowest BCUT2D eigenvalue weighted by atomic mass is 10.1. The van der Waals surface area contributed by atoms with Crippen LogP contribution < -0.4 is 4.74 Å². The third-order valence-electron chi connectivity index (χ3n) is 5.18. The molecule has 7 heteroatoms. The van der Waals surface area contributed by atoms with Crippen LogP contribution in [0.15, 0.2) is 46.7 Å². The molecule has 166 valence electrons. The highest BCUT2D eigenvalue weighted by atomic mass is 32.2. The van der Waals surface area contributed by atoms with Crippen LogP contribution in [0.25, 0.3) is 0 Å². The van der Waals surface area contributed by atoms with Gasteiger partial charge in [0.05, 0.1) is 17.1 Å². The zero-order chi connectivity index (χ0) is 22.6. The summed E-state index contributed by atoms with van der Waals surface area (Å²) in [6.07, 6.45) is 0.733. The highest BCUT2D eigenvalue weighted by molar-refractivity contribution is 7.89. The first kappa shape index (κ1) is 23.4. The Morgan fingerprint density at radius 1 is 1.03 bits per heavy atom. The number of nitrogens with zero attached hydrogens (tertiary/aromatic N) is 2. The molecular formula is C24H30N2O3S2. The topological polar surface area (TPSA) is 59.5 Å². The molecule has 0 radical (unpaired) electrons. The van der Waals surface area contributed by atoms with Crippen LogP contribution in [-0.2, 0) is 23.2 Å². The largest absolute Gasteiger partial charge is 0.486 e. The van der Waals surface area contributed by atoms with E-state index in [2.05, 4.69) is 31.8 Å². The molecular weight excluding hydrogens is 428 g/mol. The molecule has 0 spiro atoms. The highest BCUT2D eigenvalue weighted by Gasteiger charge is 2.24. The minimum atomic E-state index is -3.57. The van der Waals surface area contributed by atoms with Gasteiger partial charge in [-0.05, 0) is 69.0 Å². The van der Waals surface area contributed by atoms with Crippen LogP contribution in [0, 0.1) is 27.7 Å². The van der Waals surface area contributed by atoms with Crippen molar-refractivity contribution in [3.05, 3.63) is 74.7 Å². The minimum absolute atomic E-state index is 0.253. The monoisotopic (exact) mass is 458 g/mol. The van der Waals surface area contributed by atoms with Gasteiger partial charge in [-0.1, -0.05) is 30.7 Å². The van der Waals surface area contributed by atoms with Gasteiger partial charge in [-0.15, -0.1) is 11.3 Å². The lowest BCUT2D eigenvalue weighted by molar-refractivity contribution is 0.302. The highest BCUT2D eigenvalue weighted by Crippen LogP contribution is 2.25.